The lowest BCUT2D eigenvalue weighted by Gasteiger charge is -2.08. The molecule has 0 saturated carbocycles. The Morgan fingerprint density at radius 3 is 2.44 bits per heavy atom. The van der Waals surface area contributed by atoms with Crippen molar-refractivity contribution < 1.29 is 9.84 Å². The quantitative estimate of drug-likeness (QED) is 0.379. The van der Waals surface area contributed by atoms with E-state index in [1.807, 2.05) is 37.3 Å². The molecule has 2 aromatic rings. The summed E-state index contributed by atoms with van der Waals surface area (Å²) >= 11 is 0. The molecule has 2 aromatic carbocycles. The largest absolute Gasteiger partial charge is 0.506 e. The summed E-state index contributed by atoms with van der Waals surface area (Å²) in [4.78, 5) is 0. The van der Waals surface area contributed by atoms with Crippen LogP contribution < -0.4 is 4.74 Å². The molecule has 4 nitrogen and oxygen atoms in total. The first-order valence-electron chi connectivity index (χ1n) is 9.14. The zero-order chi connectivity index (χ0) is 17.9. The van der Waals surface area contributed by atoms with E-state index in [0.29, 0.717) is 18.0 Å². The monoisotopic (exact) mass is 340 g/mol. The van der Waals surface area contributed by atoms with Gasteiger partial charge in [0.1, 0.15) is 22.9 Å². The van der Waals surface area contributed by atoms with Crippen molar-refractivity contribution in [2.75, 3.05) is 6.61 Å². The number of unbranched alkanes of at least 4 members (excludes halogenated alkanes) is 5. The molecule has 1 N–H and O–H groups in total. The average Bonchev–Trinajstić information content (AvgIpc) is 2.62. The average molecular weight is 340 g/mol. The Morgan fingerprint density at radius 2 is 1.60 bits per heavy atom. The molecule has 0 atom stereocenters. The van der Waals surface area contributed by atoms with Gasteiger partial charge in [0.15, 0.2) is 0 Å². The zero-order valence-electron chi connectivity index (χ0n) is 15.2. The molecule has 2 rings (SSSR count). The molecule has 25 heavy (non-hydrogen) atoms. The number of phenolic OH excluding ortho intramolecular Hbond substituents is 1. The minimum atomic E-state index is 0.125. The highest BCUT2D eigenvalue weighted by molar-refractivity contribution is 5.54. The van der Waals surface area contributed by atoms with Crippen molar-refractivity contribution in [3.63, 3.8) is 0 Å². The summed E-state index contributed by atoms with van der Waals surface area (Å²) in [6.45, 7) is 4.87. The summed E-state index contributed by atoms with van der Waals surface area (Å²) in [5.41, 5.74) is 2.17. The lowest BCUT2D eigenvalue weighted by atomic mass is 10.1. The molecule has 4 heteroatoms. The number of benzene rings is 2. The highest BCUT2D eigenvalue weighted by Crippen LogP contribution is 2.32. The van der Waals surface area contributed by atoms with Crippen LogP contribution in [0, 0.1) is 6.92 Å². The maximum absolute atomic E-state index is 9.86. The van der Waals surface area contributed by atoms with Gasteiger partial charge >= 0.3 is 0 Å². The van der Waals surface area contributed by atoms with Gasteiger partial charge in [0, 0.05) is 0 Å². The number of para-hydroxylation sites is 1. The number of phenols is 1. The van der Waals surface area contributed by atoms with Crippen LogP contribution in [-0.4, -0.2) is 11.7 Å². The molecule has 0 amide bonds. The molecule has 134 valence electrons. The first-order chi connectivity index (χ1) is 12.2. The minimum Gasteiger partial charge on any atom is -0.506 e. The molecule has 0 saturated heterocycles. The van der Waals surface area contributed by atoms with E-state index in [1.165, 1.54) is 32.1 Å². The second-order valence-electron chi connectivity index (χ2n) is 6.28. The summed E-state index contributed by atoms with van der Waals surface area (Å²) in [5.74, 6) is 0.853. The molecule has 0 heterocycles. The van der Waals surface area contributed by atoms with Gasteiger partial charge in [-0.2, -0.15) is 0 Å². The first-order valence-corrected chi connectivity index (χ1v) is 9.14. The number of hydrogen-bond donors (Lipinski definition) is 1. The van der Waals surface area contributed by atoms with Crippen molar-refractivity contribution in [1.82, 2.24) is 0 Å². The molecule has 0 fully saturated rings. The van der Waals surface area contributed by atoms with Crippen LogP contribution in [-0.2, 0) is 0 Å². The number of aryl methyl sites for hydroxylation is 1. The van der Waals surface area contributed by atoms with E-state index in [0.717, 1.165) is 17.7 Å². The third kappa shape index (κ3) is 6.57. The number of ether oxygens (including phenoxy) is 1. The summed E-state index contributed by atoms with van der Waals surface area (Å²) in [5, 5.41) is 18.3. The van der Waals surface area contributed by atoms with Crippen molar-refractivity contribution in [1.29, 1.82) is 0 Å². The van der Waals surface area contributed by atoms with Crippen LogP contribution in [0.5, 0.6) is 11.5 Å². The number of azo groups is 1. The molecule has 0 aromatic heterocycles. The van der Waals surface area contributed by atoms with Crippen LogP contribution in [0.1, 0.15) is 51.0 Å². The lowest BCUT2D eigenvalue weighted by molar-refractivity contribution is 0.305. The van der Waals surface area contributed by atoms with Gasteiger partial charge in [-0.1, -0.05) is 57.2 Å². The first kappa shape index (κ1) is 19.0. The summed E-state index contributed by atoms with van der Waals surface area (Å²) in [6.07, 6.45) is 7.41. The van der Waals surface area contributed by atoms with Crippen LogP contribution >= 0.6 is 0 Å². The molecular weight excluding hydrogens is 312 g/mol. The predicted molar refractivity (Wildman–Crippen MR) is 102 cm³/mol. The van der Waals surface area contributed by atoms with E-state index in [-0.39, 0.29) is 5.75 Å². The van der Waals surface area contributed by atoms with Gasteiger partial charge in [0.25, 0.3) is 0 Å². The molecule has 0 aliphatic heterocycles. The van der Waals surface area contributed by atoms with Gasteiger partial charge in [-0.3, -0.25) is 0 Å². The second-order valence-corrected chi connectivity index (χ2v) is 6.28. The number of aromatic hydroxyl groups is 1. The van der Waals surface area contributed by atoms with Gasteiger partial charge in [0.2, 0.25) is 0 Å². The standard InChI is InChI=1S/C21H28N2O2/c1-3-4-5-6-7-10-15-25-21-12-9-8-11-18(21)22-23-19-16-17(2)13-14-20(19)24/h8-9,11-14,16,24H,3-7,10,15H2,1-2H3. The number of rotatable bonds is 10. The van der Waals surface area contributed by atoms with Crippen LogP contribution in [0.4, 0.5) is 11.4 Å². The van der Waals surface area contributed by atoms with E-state index < -0.39 is 0 Å². The highest BCUT2D eigenvalue weighted by Gasteiger charge is 2.04. The molecule has 0 spiro atoms. The van der Waals surface area contributed by atoms with Crippen LogP contribution in [0.25, 0.3) is 0 Å². The summed E-state index contributed by atoms with van der Waals surface area (Å²) in [6, 6.07) is 12.9. The van der Waals surface area contributed by atoms with E-state index in [4.69, 9.17) is 4.74 Å². The maximum atomic E-state index is 9.86. The van der Waals surface area contributed by atoms with Crippen molar-refractivity contribution in [3.05, 3.63) is 48.0 Å². The fraction of sp³-hybridized carbons (Fsp3) is 0.429. The third-order valence-electron chi connectivity index (χ3n) is 4.02. The van der Waals surface area contributed by atoms with Gasteiger partial charge < -0.3 is 9.84 Å². The van der Waals surface area contributed by atoms with Gasteiger partial charge in [-0.05, 0) is 43.2 Å². The summed E-state index contributed by atoms with van der Waals surface area (Å²) in [7, 11) is 0. The lowest BCUT2D eigenvalue weighted by Crippen LogP contribution is -1.97. The molecule has 0 aliphatic rings. The van der Waals surface area contributed by atoms with Crippen LogP contribution in [0.2, 0.25) is 0 Å². The molecule has 0 bridgehead atoms. The molecular formula is C21H28N2O2. The van der Waals surface area contributed by atoms with Gasteiger partial charge in [-0.25, -0.2) is 0 Å². The van der Waals surface area contributed by atoms with Crippen LogP contribution in [0.15, 0.2) is 52.7 Å². The van der Waals surface area contributed by atoms with Crippen LogP contribution in [0.3, 0.4) is 0 Å². The predicted octanol–water partition coefficient (Wildman–Crippen LogP) is 6.86. The maximum Gasteiger partial charge on any atom is 0.146 e. The van der Waals surface area contributed by atoms with Crippen molar-refractivity contribution in [2.45, 2.75) is 52.4 Å². The third-order valence-corrected chi connectivity index (χ3v) is 4.02. The van der Waals surface area contributed by atoms with Gasteiger partial charge in [0.05, 0.1) is 6.61 Å². The van der Waals surface area contributed by atoms with E-state index in [2.05, 4.69) is 17.2 Å². The van der Waals surface area contributed by atoms with Crippen molar-refractivity contribution in [2.24, 2.45) is 10.2 Å². The number of nitrogens with zero attached hydrogens (tertiary/aromatic N) is 2. The van der Waals surface area contributed by atoms with E-state index in [9.17, 15) is 5.11 Å². The van der Waals surface area contributed by atoms with Crippen molar-refractivity contribution in [3.8, 4) is 11.5 Å². The smallest absolute Gasteiger partial charge is 0.146 e. The second kappa shape index (κ2) is 10.5. The fourth-order valence-electron chi connectivity index (χ4n) is 2.55. The van der Waals surface area contributed by atoms with Crippen molar-refractivity contribution >= 4 is 11.4 Å². The van der Waals surface area contributed by atoms with Gasteiger partial charge in [-0.15, -0.1) is 10.2 Å². The number of hydrogen-bond acceptors (Lipinski definition) is 4. The van der Waals surface area contributed by atoms with E-state index >= 15 is 0 Å². The topological polar surface area (TPSA) is 54.2 Å². The normalized spacial score (nSPS) is 11.1. The zero-order valence-corrected chi connectivity index (χ0v) is 15.2. The Hall–Kier alpha value is -2.36. The van der Waals surface area contributed by atoms with E-state index in [1.54, 1.807) is 12.1 Å². The molecule has 0 unspecified atom stereocenters. The Morgan fingerprint density at radius 1 is 0.880 bits per heavy atom. The highest BCUT2D eigenvalue weighted by atomic mass is 16.5. The Labute approximate surface area is 150 Å². The Balaban J connectivity index is 1.91. The molecule has 0 aliphatic carbocycles. The fourth-order valence-corrected chi connectivity index (χ4v) is 2.55. The minimum absolute atomic E-state index is 0.125. The SMILES string of the molecule is CCCCCCCCOc1ccccc1N=Nc1cc(C)ccc1O. The molecule has 0 radical (unpaired) electrons. The Kier molecular flexibility index (Phi) is 7.96. The Bertz CT molecular complexity index is 683. The summed E-state index contributed by atoms with van der Waals surface area (Å²) < 4.78 is 5.87.